The van der Waals surface area contributed by atoms with Crippen molar-refractivity contribution in [1.82, 2.24) is 14.9 Å². The van der Waals surface area contributed by atoms with Crippen LogP contribution in [0.15, 0.2) is 54.3 Å². The third kappa shape index (κ3) is 4.63. The van der Waals surface area contributed by atoms with Crippen molar-refractivity contribution in [2.75, 3.05) is 18.5 Å². The van der Waals surface area contributed by atoms with E-state index >= 15 is 0 Å². The molecule has 0 radical (unpaired) electrons. The molecule has 3 heterocycles. The first kappa shape index (κ1) is 21.1. The molecule has 8 nitrogen and oxygen atoms in total. The van der Waals surface area contributed by atoms with Crippen molar-refractivity contribution in [2.45, 2.75) is 25.6 Å². The maximum Gasteiger partial charge on any atom is 0.257 e. The van der Waals surface area contributed by atoms with Gasteiger partial charge in [0.15, 0.2) is 0 Å². The van der Waals surface area contributed by atoms with E-state index < -0.39 is 12.1 Å². The monoisotopic (exact) mass is 438 g/mol. The summed E-state index contributed by atoms with van der Waals surface area (Å²) >= 11 is 1.49. The number of hydrogen-bond acceptors (Lipinski definition) is 7. The Hall–Kier alpha value is -3.14. The molecule has 1 fully saturated rings. The van der Waals surface area contributed by atoms with Crippen molar-refractivity contribution in [3.63, 3.8) is 0 Å². The number of nitrogens with zero attached hydrogens (tertiary/aromatic N) is 3. The predicted molar refractivity (Wildman–Crippen MR) is 116 cm³/mol. The molecule has 0 saturated carbocycles. The van der Waals surface area contributed by atoms with Gasteiger partial charge in [0.05, 0.1) is 36.0 Å². The lowest BCUT2D eigenvalue weighted by Gasteiger charge is -2.40. The molecule has 2 atom stereocenters. The van der Waals surface area contributed by atoms with Crippen LogP contribution in [0.4, 0.5) is 5.69 Å². The fraction of sp³-hybridized carbons (Fsp3) is 0.273. The number of thiazole rings is 1. The standard InChI is InChI=1S/C22H22N4O4S/c1-14-19(31-13-24-14)10-26-18(11-27)21(30-12-20(26)28)15-4-6-17(7-5-15)25-22(29)16-3-2-8-23-9-16/h2-9,13,18,21,27H,10-12H2,1H3,(H,25,29)/t18-,21-/m1/s1. The van der Waals surface area contributed by atoms with Gasteiger partial charge < -0.3 is 20.1 Å². The first-order valence-electron chi connectivity index (χ1n) is 9.79. The number of pyridine rings is 1. The van der Waals surface area contributed by atoms with Crippen LogP contribution in [0.5, 0.6) is 0 Å². The summed E-state index contributed by atoms with van der Waals surface area (Å²) in [7, 11) is 0. The number of benzene rings is 1. The van der Waals surface area contributed by atoms with Crippen molar-refractivity contribution < 1.29 is 19.4 Å². The van der Waals surface area contributed by atoms with Crippen molar-refractivity contribution >= 4 is 28.8 Å². The first-order chi connectivity index (χ1) is 15.1. The molecule has 2 aromatic heterocycles. The summed E-state index contributed by atoms with van der Waals surface area (Å²) in [6.45, 7) is 2.01. The fourth-order valence-corrected chi connectivity index (χ4v) is 4.29. The van der Waals surface area contributed by atoms with E-state index in [0.29, 0.717) is 17.8 Å². The third-order valence-electron chi connectivity index (χ3n) is 5.22. The van der Waals surface area contributed by atoms with Crippen molar-refractivity contribution in [3.8, 4) is 0 Å². The van der Waals surface area contributed by atoms with Gasteiger partial charge in [-0.2, -0.15) is 0 Å². The lowest BCUT2D eigenvalue weighted by molar-refractivity contribution is -0.161. The maximum atomic E-state index is 12.5. The molecule has 0 bridgehead atoms. The summed E-state index contributed by atoms with van der Waals surface area (Å²) < 4.78 is 5.79. The summed E-state index contributed by atoms with van der Waals surface area (Å²) in [5, 5.41) is 12.9. The largest absolute Gasteiger partial charge is 0.394 e. The number of morpholine rings is 1. The molecule has 1 aliphatic rings. The second-order valence-electron chi connectivity index (χ2n) is 7.18. The summed E-state index contributed by atoms with van der Waals surface area (Å²) in [5.41, 5.74) is 4.54. The van der Waals surface area contributed by atoms with E-state index in [0.717, 1.165) is 16.1 Å². The number of aromatic nitrogens is 2. The fourth-order valence-electron chi connectivity index (χ4n) is 3.51. The summed E-state index contributed by atoms with van der Waals surface area (Å²) in [6, 6.07) is 10.1. The van der Waals surface area contributed by atoms with Crippen LogP contribution in [0.1, 0.15) is 32.6 Å². The van der Waals surface area contributed by atoms with Crippen LogP contribution in [-0.2, 0) is 16.1 Å². The number of anilines is 1. The number of carbonyl (C=O) groups is 2. The number of rotatable bonds is 6. The van der Waals surface area contributed by atoms with Crippen LogP contribution < -0.4 is 5.32 Å². The minimum Gasteiger partial charge on any atom is -0.394 e. The lowest BCUT2D eigenvalue weighted by Crippen LogP contribution is -2.52. The van der Waals surface area contributed by atoms with Crippen LogP contribution >= 0.6 is 11.3 Å². The van der Waals surface area contributed by atoms with Gasteiger partial charge in [-0.3, -0.25) is 14.6 Å². The number of aryl methyl sites for hydroxylation is 1. The molecule has 9 heteroatoms. The van der Waals surface area contributed by atoms with Gasteiger partial charge in [0.2, 0.25) is 5.91 Å². The average Bonchev–Trinajstić information content (AvgIpc) is 3.20. The van der Waals surface area contributed by atoms with Crippen molar-refractivity contribution in [3.05, 3.63) is 76.0 Å². The summed E-state index contributed by atoms with van der Waals surface area (Å²) in [4.78, 5) is 35.6. The molecule has 1 aromatic carbocycles. The molecule has 2 N–H and O–H groups in total. The van der Waals surface area contributed by atoms with Gasteiger partial charge in [-0.25, -0.2) is 4.98 Å². The Kier molecular flexibility index (Phi) is 6.36. The number of nitrogens with one attached hydrogen (secondary N) is 1. The molecule has 160 valence electrons. The Labute approximate surface area is 183 Å². The number of aliphatic hydroxyl groups excluding tert-OH is 1. The van der Waals surface area contributed by atoms with E-state index in [-0.39, 0.29) is 25.0 Å². The maximum absolute atomic E-state index is 12.5. The second-order valence-corrected chi connectivity index (χ2v) is 8.12. The van der Waals surface area contributed by atoms with Gasteiger partial charge in [-0.1, -0.05) is 12.1 Å². The van der Waals surface area contributed by atoms with Crippen LogP contribution in [0, 0.1) is 6.92 Å². The summed E-state index contributed by atoms with van der Waals surface area (Å²) in [5.74, 6) is -0.414. The van der Waals surface area contributed by atoms with Crippen molar-refractivity contribution in [2.24, 2.45) is 0 Å². The zero-order chi connectivity index (χ0) is 21.8. The van der Waals surface area contributed by atoms with E-state index in [4.69, 9.17) is 4.74 Å². The van der Waals surface area contributed by atoms with Gasteiger partial charge in [0, 0.05) is 23.0 Å². The Morgan fingerprint density at radius 2 is 2.13 bits per heavy atom. The zero-order valence-electron chi connectivity index (χ0n) is 16.9. The molecule has 0 unspecified atom stereocenters. The topological polar surface area (TPSA) is 105 Å². The normalized spacial score (nSPS) is 18.8. The molecular formula is C22H22N4O4S. The highest BCUT2D eigenvalue weighted by molar-refractivity contribution is 7.09. The van der Waals surface area contributed by atoms with Gasteiger partial charge in [0.1, 0.15) is 12.7 Å². The van der Waals surface area contributed by atoms with Crippen LogP contribution in [-0.4, -0.2) is 51.0 Å². The molecule has 3 aromatic rings. The molecule has 2 amide bonds. The van der Waals surface area contributed by atoms with E-state index in [1.165, 1.54) is 17.5 Å². The SMILES string of the molecule is Cc1ncsc1CN1C(=O)CO[C@H](c2ccc(NC(=O)c3cccnc3)cc2)[C@H]1CO. The minimum atomic E-state index is -0.515. The molecule has 1 aliphatic heterocycles. The minimum absolute atomic E-state index is 0.0570. The Bertz CT molecular complexity index is 1050. The van der Waals surface area contributed by atoms with Gasteiger partial charge >= 0.3 is 0 Å². The van der Waals surface area contributed by atoms with Gasteiger partial charge in [-0.05, 0) is 36.8 Å². The number of ether oxygens (including phenoxy) is 1. The smallest absolute Gasteiger partial charge is 0.257 e. The number of aliphatic hydroxyl groups is 1. The molecular weight excluding hydrogens is 416 g/mol. The number of amides is 2. The zero-order valence-corrected chi connectivity index (χ0v) is 17.7. The predicted octanol–water partition coefficient (Wildman–Crippen LogP) is 2.56. The Morgan fingerprint density at radius 3 is 2.77 bits per heavy atom. The molecule has 4 rings (SSSR count). The van der Waals surface area contributed by atoms with Crippen molar-refractivity contribution in [1.29, 1.82) is 0 Å². The van der Waals surface area contributed by atoms with Gasteiger partial charge in [-0.15, -0.1) is 11.3 Å². The Morgan fingerprint density at radius 1 is 1.32 bits per heavy atom. The first-order valence-corrected chi connectivity index (χ1v) is 10.7. The highest BCUT2D eigenvalue weighted by Gasteiger charge is 2.37. The highest BCUT2D eigenvalue weighted by atomic mass is 32.1. The molecule has 0 aliphatic carbocycles. The average molecular weight is 439 g/mol. The lowest BCUT2D eigenvalue weighted by atomic mass is 9.99. The molecule has 0 spiro atoms. The Balaban J connectivity index is 1.49. The molecule has 31 heavy (non-hydrogen) atoms. The second kappa shape index (κ2) is 9.34. The van der Waals surface area contributed by atoms with E-state index in [2.05, 4.69) is 15.3 Å². The third-order valence-corrected chi connectivity index (χ3v) is 6.14. The van der Waals surface area contributed by atoms with E-state index in [1.54, 1.807) is 40.9 Å². The number of carbonyl (C=O) groups excluding carboxylic acids is 2. The van der Waals surface area contributed by atoms with Crippen LogP contribution in [0.25, 0.3) is 0 Å². The molecule has 1 saturated heterocycles. The van der Waals surface area contributed by atoms with E-state index in [1.807, 2.05) is 19.1 Å². The van der Waals surface area contributed by atoms with Crippen LogP contribution in [0.3, 0.4) is 0 Å². The van der Waals surface area contributed by atoms with Crippen LogP contribution in [0.2, 0.25) is 0 Å². The van der Waals surface area contributed by atoms with Gasteiger partial charge in [0.25, 0.3) is 5.91 Å². The quantitative estimate of drug-likeness (QED) is 0.613. The highest BCUT2D eigenvalue weighted by Crippen LogP contribution is 2.31. The summed E-state index contributed by atoms with van der Waals surface area (Å²) in [6.07, 6.45) is 2.64. The number of hydrogen-bond donors (Lipinski definition) is 2. The van der Waals surface area contributed by atoms with E-state index in [9.17, 15) is 14.7 Å².